The summed E-state index contributed by atoms with van der Waals surface area (Å²) < 4.78 is 0. The summed E-state index contributed by atoms with van der Waals surface area (Å²) in [6.07, 6.45) is 6.69. The number of primary amides is 1. The number of halogens is 1. The number of nitrogens with zero attached hydrogens (tertiary/aromatic N) is 1. The van der Waals surface area contributed by atoms with E-state index in [1.54, 1.807) is 38.7 Å². The monoisotopic (exact) mass is 230 g/mol. The van der Waals surface area contributed by atoms with E-state index in [1.165, 1.54) is 0 Å². The molecule has 4 N–H and O–H groups in total. The number of likely N-dealkylation sites (N-methyl/N-ethyl adjacent to an activating group) is 1. The largest absolute Gasteiger partial charge is 0.368 e. The molecule has 0 aliphatic carbocycles. The Kier molecular flexibility index (Phi) is 5.04. The van der Waals surface area contributed by atoms with Crippen LogP contribution >= 0.6 is 12.4 Å². The summed E-state index contributed by atoms with van der Waals surface area (Å²) in [5.74, 6) is -0.466. The van der Waals surface area contributed by atoms with Gasteiger partial charge >= 0.3 is 0 Å². The van der Waals surface area contributed by atoms with Crippen molar-refractivity contribution in [1.82, 2.24) is 10.6 Å². The third kappa shape index (κ3) is 2.81. The van der Waals surface area contributed by atoms with Crippen LogP contribution in [-0.2, 0) is 4.79 Å². The number of hydrogen-bond acceptors (Lipinski definition) is 4. The Morgan fingerprint density at radius 3 is 2.87 bits per heavy atom. The van der Waals surface area contributed by atoms with Crippen LogP contribution in [0.3, 0.4) is 0 Å². The fraction of sp³-hybridized carbons (Fsp3) is 0.333. The normalized spacial score (nSPS) is 17.9. The Morgan fingerprint density at radius 2 is 2.33 bits per heavy atom. The van der Waals surface area contributed by atoms with Gasteiger partial charge in [-0.2, -0.15) is 0 Å². The van der Waals surface area contributed by atoms with E-state index in [0.717, 1.165) is 0 Å². The quantitative estimate of drug-likeness (QED) is 0.634. The lowest BCUT2D eigenvalue weighted by Gasteiger charge is -2.25. The maximum absolute atomic E-state index is 11.3. The minimum absolute atomic E-state index is 0. The summed E-state index contributed by atoms with van der Waals surface area (Å²) in [6.45, 7) is 1.69. The van der Waals surface area contributed by atoms with E-state index in [2.05, 4.69) is 15.6 Å². The highest BCUT2D eigenvalue weighted by atomic mass is 35.5. The van der Waals surface area contributed by atoms with Crippen LogP contribution in [0.2, 0.25) is 0 Å². The molecule has 0 aromatic carbocycles. The fourth-order valence-electron chi connectivity index (χ4n) is 1.04. The van der Waals surface area contributed by atoms with Crippen molar-refractivity contribution in [2.24, 2.45) is 10.7 Å². The van der Waals surface area contributed by atoms with Crippen molar-refractivity contribution in [3.05, 3.63) is 24.2 Å². The molecule has 0 radical (unpaired) electrons. The highest BCUT2D eigenvalue weighted by Crippen LogP contribution is 2.16. The molecule has 84 valence electrons. The Hall–Kier alpha value is -1.33. The number of allylic oxidation sites excluding steroid dienone is 1. The van der Waals surface area contributed by atoms with Crippen molar-refractivity contribution in [3.63, 3.8) is 0 Å². The first-order chi connectivity index (χ1) is 6.61. The first kappa shape index (κ1) is 13.7. The Labute approximate surface area is 94.9 Å². The van der Waals surface area contributed by atoms with Gasteiger partial charge in [0.25, 0.3) is 0 Å². The standard InChI is InChI=1S/C9H14N4O.ClH/c1-9(11-2,8(10)14)7-6-12-4-3-5-13-7;/h3-6,11-12H,1-2H3,(H2,10,14);1H. The van der Waals surface area contributed by atoms with Crippen LogP contribution < -0.4 is 16.4 Å². The Balaban J connectivity index is 0.00000196. The first-order valence-corrected chi connectivity index (χ1v) is 4.26. The molecule has 1 aliphatic heterocycles. The molecule has 0 aromatic heterocycles. The minimum Gasteiger partial charge on any atom is -0.368 e. The van der Waals surface area contributed by atoms with E-state index in [4.69, 9.17) is 5.73 Å². The van der Waals surface area contributed by atoms with Gasteiger partial charge in [0.1, 0.15) is 5.54 Å². The number of hydrogen-bond donors (Lipinski definition) is 3. The van der Waals surface area contributed by atoms with Gasteiger partial charge in [0.2, 0.25) is 5.91 Å². The van der Waals surface area contributed by atoms with E-state index in [-0.39, 0.29) is 12.4 Å². The topological polar surface area (TPSA) is 79.5 Å². The summed E-state index contributed by atoms with van der Waals surface area (Å²) in [7, 11) is 1.67. The van der Waals surface area contributed by atoms with Crippen LogP contribution in [-0.4, -0.2) is 24.7 Å². The molecule has 1 aliphatic rings. The lowest BCUT2D eigenvalue weighted by molar-refractivity contribution is -0.122. The van der Waals surface area contributed by atoms with Gasteiger partial charge in [-0.05, 0) is 20.0 Å². The van der Waals surface area contributed by atoms with Gasteiger partial charge < -0.3 is 16.4 Å². The maximum Gasteiger partial charge on any atom is 0.243 e. The van der Waals surface area contributed by atoms with Crippen LogP contribution in [0.15, 0.2) is 29.2 Å². The van der Waals surface area contributed by atoms with Crippen molar-refractivity contribution in [1.29, 1.82) is 0 Å². The zero-order valence-corrected chi connectivity index (χ0v) is 9.47. The van der Waals surface area contributed by atoms with Crippen LogP contribution in [0.1, 0.15) is 6.92 Å². The van der Waals surface area contributed by atoms with E-state index in [0.29, 0.717) is 5.70 Å². The molecule has 1 heterocycles. The van der Waals surface area contributed by atoms with E-state index < -0.39 is 11.4 Å². The highest BCUT2D eigenvalue weighted by Gasteiger charge is 2.33. The third-order valence-corrected chi connectivity index (χ3v) is 2.22. The highest BCUT2D eigenvalue weighted by molar-refractivity contribution is 5.89. The second kappa shape index (κ2) is 5.53. The van der Waals surface area contributed by atoms with E-state index in [9.17, 15) is 4.79 Å². The molecule has 0 saturated carbocycles. The molecule has 1 rings (SSSR count). The molecule has 1 unspecified atom stereocenters. The van der Waals surface area contributed by atoms with Gasteiger partial charge in [-0.25, -0.2) is 0 Å². The number of carbonyl (C=O) groups is 1. The molecule has 1 amide bonds. The lowest BCUT2D eigenvalue weighted by Crippen LogP contribution is -2.52. The summed E-state index contributed by atoms with van der Waals surface area (Å²) >= 11 is 0. The average molecular weight is 231 g/mol. The lowest BCUT2D eigenvalue weighted by atomic mass is 9.98. The SMILES string of the molecule is CNC(C)(C(N)=O)C1=CNC=CC=N1.Cl. The molecule has 1 atom stereocenters. The maximum atomic E-state index is 11.3. The average Bonchev–Trinajstić information content (AvgIpc) is 2.44. The molecule has 0 saturated heterocycles. The van der Waals surface area contributed by atoms with Crippen LogP contribution in [0.4, 0.5) is 0 Å². The number of carbonyl (C=O) groups excluding carboxylic acids is 1. The van der Waals surface area contributed by atoms with E-state index >= 15 is 0 Å². The Morgan fingerprint density at radius 1 is 1.67 bits per heavy atom. The van der Waals surface area contributed by atoms with Gasteiger partial charge in [-0.15, -0.1) is 12.4 Å². The number of nitrogens with one attached hydrogen (secondary N) is 2. The predicted octanol–water partition coefficient (Wildman–Crippen LogP) is -0.0993. The molecule has 0 fully saturated rings. The van der Waals surface area contributed by atoms with Crippen molar-refractivity contribution in [3.8, 4) is 0 Å². The van der Waals surface area contributed by atoms with Gasteiger partial charge in [0.05, 0.1) is 5.70 Å². The molecule has 5 nitrogen and oxygen atoms in total. The van der Waals surface area contributed by atoms with Crippen molar-refractivity contribution in [2.75, 3.05) is 7.05 Å². The zero-order valence-electron chi connectivity index (χ0n) is 8.65. The fourth-order valence-corrected chi connectivity index (χ4v) is 1.04. The number of aliphatic imine (C=N–C) groups is 1. The molecule has 15 heavy (non-hydrogen) atoms. The molecular weight excluding hydrogens is 216 g/mol. The molecule has 0 bridgehead atoms. The summed E-state index contributed by atoms with van der Waals surface area (Å²) in [5, 5.41) is 5.73. The molecular formula is C9H15ClN4O. The molecule has 0 spiro atoms. The third-order valence-electron chi connectivity index (χ3n) is 2.22. The summed E-state index contributed by atoms with van der Waals surface area (Å²) in [5.41, 5.74) is 4.90. The summed E-state index contributed by atoms with van der Waals surface area (Å²) in [6, 6.07) is 0. The molecule has 6 heteroatoms. The summed E-state index contributed by atoms with van der Waals surface area (Å²) in [4.78, 5) is 15.4. The Bertz CT molecular complexity index is 324. The van der Waals surface area contributed by atoms with Crippen molar-refractivity contribution >= 4 is 24.5 Å². The molecule has 0 aromatic rings. The van der Waals surface area contributed by atoms with Crippen LogP contribution in [0.25, 0.3) is 0 Å². The van der Waals surface area contributed by atoms with Gasteiger partial charge in [0, 0.05) is 18.6 Å². The second-order valence-electron chi connectivity index (χ2n) is 3.07. The van der Waals surface area contributed by atoms with Crippen LogP contribution in [0.5, 0.6) is 0 Å². The second-order valence-corrected chi connectivity index (χ2v) is 3.07. The number of nitrogens with two attached hydrogens (primary N) is 1. The number of amides is 1. The first-order valence-electron chi connectivity index (χ1n) is 4.26. The van der Waals surface area contributed by atoms with E-state index in [1.807, 2.05) is 0 Å². The predicted molar refractivity (Wildman–Crippen MR) is 62.8 cm³/mol. The number of rotatable bonds is 3. The van der Waals surface area contributed by atoms with Gasteiger partial charge in [0.15, 0.2) is 0 Å². The van der Waals surface area contributed by atoms with Crippen LogP contribution in [0, 0.1) is 0 Å². The van der Waals surface area contributed by atoms with Gasteiger partial charge in [-0.1, -0.05) is 0 Å². The van der Waals surface area contributed by atoms with Gasteiger partial charge in [-0.3, -0.25) is 9.79 Å². The minimum atomic E-state index is -0.949. The van der Waals surface area contributed by atoms with Crippen molar-refractivity contribution in [2.45, 2.75) is 12.5 Å². The smallest absolute Gasteiger partial charge is 0.243 e. The zero-order chi connectivity index (χ0) is 10.6. The van der Waals surface area contributed by atoms with Crippen molar-refractivity contribution < 1.29 is 4.79 Å².